The predicted octanol–water partition coefficient (Wildman–Crippen LogP) is 2.80. The van der Waals surface area contributed by atoms with Crippen molar-refractivity contribution < 1.29 is 33.3 Å². The molecule has 1 atom stereocenters. The Labute approximate surface area is 165 Å². The molecule has 156 valence electrons. The van der Waals surface area contributed by atoms with Gasteiger partial charge in [0.2, 0.25) is 0 Å². The molecule has 0 spiro atoms. The van der Waals surface area contributed by atoms with Crippen molar-refractivity contribution in [3.8, 4) is 11.5 Å². The molecule has 1 fully saturated rings. The Kier molecular flexibility index (Phi) is 7.12. The molecule has 1 heterocycles. The monoisotopic (exact) mass is 395 g/mol. The number of nitrogens with zero attached hydrogens (tertiary/aromatic N) is 1. The minimum Gasteiger partial charge on any atom is -0.496 e. The van der Waals surface area contributed by atoms with Crippen LogP contribution in [0.25, 0.3) is 0 Å². The Morgan fingerprint density at radius 3 is 2.32 bits per heavy atom. The average Bonchev–Trinajstić information content (AvgIpc) is 2.65. The number of ether oxygens (including phenoxy) is 5. The molecule has 0 radical (unpaired) electrons. The van der Waals surface area contributed by atoms with Crippen molar-refractivity contribution in [3.05, 3.63) is 23.3 Å². The van der Waals surface area contributed by atoms with E-state index in [2.05, 4.69) is 0 Å². The largest absolute Gasteiger partial charge is 0.496 e. The Morgan fingerprint density at radius 1 is 1.18 bits per heavy atom. The van der Waals surface area contributed by atoms with Crippen LogP contribution in [0.4, 0.5) is 4.79 Å². The summed E-state index contributed by atoms with van der Waals surface area (Å²) in [6.45, 7) is 8.39. The summed E-state index contributed by atoms with van der Waals surface area (Å²) in [5.74, 6) is 0.558. The van der Waals surface area contributed by atoms with E-state index in [9.17, 15) is 9.59 Å². The minimum atomic E-state index is -0.569. The number of benzene rings is 1. The first-order chi connectivity index (χ1) is 13.1. The summed E-state index contributed by atoms with van der Waals surface area (Å²) in [4.78, 5) is 26.2. The predicted molar refractivity (Wildman–Crippen MR) is 102 cm³/mol. The van der Waals surface area contributed by atoms with Gasteiger partial charge in [0.05, 0.1) is 32.9 Å². The molecule has 1 saturated heterocycles. The second kappa shape index (κ2) is 9.14. The third kappa shape index (κ3) is 5.76. The summed E-state index contributed by atoms with van der Waals surface area (Å²) in [7, 11) is 3.05. The zero-order valence-corrected chi connectivity index (χ0v) is 17.4. The van der Waals surface area contributed by atoms with Crippen molar-refractivity contribution in [2.24, 2.45) is 0 Å². The highest BCUT2D eigenvalue weighted by molar-refractivity contribution is 5.90. The summed E-state index contributed by atoms with van der Waals surface area (Å²) in [6.07, 6.45) is -0.820. The van der Waals surface area contributed by atoms with Crippen LogP contribution >= 0.6 is 0 Å². The van der Waals surface area contributed by atoms with Crippen LogP contribution in [0.15, 0.2) is 12.1 Å². The van der Waals surface area contributed by atoms with Crippen molar-refractivity contribution in [1.82, 2.24) is 4.90 Å². The lowest BCUT2D eigenvalue weighted by Crippen LogP contribution is -2.49. The van der Waals surface area contributed by atoms with E-state index in [0.29, 0.717) is 36.8 Å². The van der Waals surface area contributed by atoms with E-state index < -0.39 is 23.8 Å². The molecular weight excluding hydrogens is 366 g/mol. The van der Waals surface area contributed by atoms with E-state index in [-0.39, 0.29) is 6.61 Å². The number of methoxy groups -OCH3 is 2. The molecule has 1 aliphatic heterocycles. The molecule has 1 aromatic carbocycles. The van der Waals surface area contributed by atoms with Crippen LogP contribution in [0.3, 0.4) is 0 Å². The van der Waals surface area contributed by atoms with E-state index in [4.69, 9.17) is 23.7 Å². The summed E-state index contributed by atoms with van der Waals surface area (Å²) in [5.41, 5.74) is 0.547. The Balaban J connectivity index is 1.96. The maximum absolute atomic E-state index is 12.4. The van der Waals surface area contributed by atoms with Crippen molar-refractivity contribution in [3.63, 3.8) is 0 Å². The normalized spacial score (nSPS) is 17.1. The van der Waals surface area contributed by atoms with Crippen molar-refractivity contribution in [2.75, 3.05) is 40.5 Å². The number of carbonyl (C=O) groups excluding carboxylic acids is 2. The van der Waals surface area contributed by atoms with Gasteiger partial charge in [-0.2, -0.15) is 0 Å². The maximum atomic E-state index is 12.4. The van der Waals surface area contributed by atoms with Gasteiger partial charge >= 0.3 is 12.1 Å². The fourth-order valence-electron chi connectivity index (χ4n) is 2.77. The standard InChI is InChI=1S/C20H29NO7/c1-13-16(24-5)9-14(10-17(13)25-6)18(22)27-12-15-11-21(7-8-26-15)19(23)28-20(2,3)4/h9-10,15H,7-8,11-12H2,1-6H3/t15-/m0/s1. The first kappa shape index (κ1) is 21.8. The lowest BCUT2D eigenvalue weighted by atomic mass is 10.1. The van der Waals surface area contributed by atoms with Gasteiger partial charge in [-0.05, 0) is 39.8 Å². The Morgan fingerprint density at radius 2 is 1.79 bits per heavy atom. The third-order valence-electron chi connectivity index (χ3n) is 4.18. The minimum absolute atomic E-state index is 0.0244. The van der Waals surface area contributed by atoms with Crippen LogP contribution in [0.2, 0.25) is 0 Å². The highest BCUT2D eigenvalue weighted by Gasteiger charge is 2.29. The molecule has 28 heavy (non-hydrogen) atoms. The molecule has 1 amide bonds. The lowest BCUT2D eigenvalue weighted by Gasteiger charge is -2.33. The van der Waals surface area contributed by atoms with E-state index in [1.165, 1.54) is 14.2 Å². The molecule has 8 nitrogen and oxygen atoms in total. The second-order valence-electron chi connectivity index (χ2n) is 7.52. The molecule has 8 heteroatoms. The number of rotatable bonds is 5. The van der Waals surface area contributed by atoms with Gasteiger partial charge in [-0.1, -0.05) is 0 Å². The third-order valence-corrected chi connectivity index (χ3v) is 4.18. The summed E-state index contributed by atoms with van der Waals surface area (Å²) >= 11 is 0. The molecule has 0 N–H and O–H groups in total. The van der Waals surface area contributed by atoms with Crippen LogP contribution < -0.4 is 9.47 Å². The fourth-order valence-corrected chi connectivity index (χ4v) is 2.77. The van der Waals surface area contributed by atoms with E-state index >= 15 is 0 Å². The van der Waals surface area contributed by atoms with E-state index in [0.717, 1.165) is 5.56 Å². The number of hydrogen-bond acceptors (Lipinski definition) is 7. The first-order valence-corrected chi connectivity index (χ1v) is 9.14. The van der Waals surface area contributed by atoms with Gasteiger partial charge in [-0.15, -0.1) is 0 Å². The number of amides is 1. The Bertz CT molecular complexity index is 686. The zero-order valence-electron chi connectivity index (χ0n) is 17.4. The average molecular weight is 395 g/mol. The van der Waals surface area contributed by atoms with Crippen LogP contribution in [-0.4, -0.2) is 69.2 Å². The van der Waals surface area contributed by atoms with Crippen LogP contribution in [0.1, 0.15) is 36.7 Å². The molecular formula is C20H29NO7. The molecule has 0 bridgehead atoms. The number of esters is 1. The van der Waals surface area contributed by atoms with Gasteiger partial charge in [0.15, 0.2) is 0 Å². The van der Waals surface area contributed by atoms with Gasteiger partial charge in [0.25, 0.3) is 0 Å². The SMILES string of the molecule is COc1cc(C(=O)OC[C@@H]2CN(C(=O)OC(C)(C)C)CCO2)cc(OC)c1C. The zero-order chi connectivity index (χ0) is 20.9. The van der Waals surface area contributed by atoms with E-state index in [1.807, 2.05) is 27.7 Å². The molecule has 1 aliphatic rings. The summed E-state index contributed by atoms with van der Waals surface area (Å²) in [5, 5.41) is 0. The molecule has 0 saturated carbocycles. The molecule has 2 rings (SSSR count). The van der Waals surface area contributed by atoms with Gasteiger partial charge < -0.3 is 28.6 Å². The van der Waals surface area contributed by atoms with E-state index in [1.54, 1.807) is 17.0 Å². The maximum Gasteiger partial charge on any atom is 0.410 e. The summed E-state index contributed by atoms with van der Waals surface area (Å²) in [6, 6.07) is 3.21. The summed E-state index contributed by atoms with van der Waals surface area (Å²) < 4.78 is 26.9. The number of hydrogen-bond donors (Lipinski definition) is 0. The Hall–Kier alpha value is -2.48. The quantitative estimate of drug-likeness (QED) is 0.709. The highest BCUT2D eigenvalue weighted by atomic mass is 16.6. The topological polar surface area (TPSA) is 83.5 Å². The van der Waals surface area contributed by atoms with Crippen LogP contribution in [-0.2, 0) is 14.2 Å². The van der Waals surface area contributed by atoms with Gasteiger partial charge in [-0.25, -0.2) is 9.59 Å². The van der Waals surface area contributed by atoms with Crippen LogP contribution in [0, 0.1) is 6.92 Å². The van der Waals surface area contributed by atoms with Crippen molar-refractivity contribution in [1.29, 1.82) is 0 Å². The van der Waals surface area contributed by atoms with Gasteiger partial charge in [0, 0.05) is 12.1 Å². The van der Waals surface area contributed by atoms with Crippen molar-refractivity contribution in [2.45, 2.75) is 39.4 Å². The molecule has 1 aromatic rings. The molecule has 0 aliphatic carbocycles. The lowest BCUT2D eigenvalue weighted by molar-refractivity contribution is -0.0638. The molecule has 0 aromatic heterocycles. The van der Waals surface area contributed by atoms with Gasteiger partial charge in [-0.3, -0.25) is 0 Å². The second-order valence-corrected chi connectivity index (χ2v) is 7.52. The fraction of sp³-hybridized carbons (Fsp3) is 0.600. The smallest absolute Gasteiger partial charge is 0.410 e. The van der Waals surface area contributed by atoms with Crippen molar-refractivity contribution >= 4 is 12.1 Å². The number of carbonyl (C=O) groups is 2. The first-order valence-electron chi connectivity index (χ1n) is 9.14. The van der Waals surface area contributed by atoms with Gasteiger partial charge in [0.1, 0.15) is 29.8 Å². The molecule has 0 unspecified atom stereocenters. The van der Waals surface area contributed by atoms with Crippen LogP contribution in [0.5, 0.6) is 11.5 Å². The number of morpholine rings is 1. The highest BCUT2D eigenvalue weighted by Crippen LogP contribution is 2.29.